The number of methoxy groups -OCH3 is 2. The first-order valence-electron chi connectivity index (χ1n) is 8.10. The fraction of sp³-hybridized carbons (Fsp3) is 0.286. The van der Waals surface area contributed by atoms with Crippen molar-refractivity contribution in [1.82, 2.24) is 0 Å². The summed E-state index contributed by atoms with van der Waals surface area (Å²) in [6, 6.07) is 5.76. The second kappa shape index (κ2) is 10.9. The first kappa shape index (κ1) is 20.3. The van der Waals surface area contributed by atoms with E-state index < -0.39 is 0 Å². The molecule has 0 heterocycles. The molecule has 134 valence electrons. The van der Waals surface area contributed by atoms with Gasteiger partial charge in [0.2, 0.25) is 0 Å². The first-order chi connectivity index (χ1) is 12.0. The maximum atomic E-state index is 11.3. The SMILES string of the molecule is CCOC(=O)/C=C(C)/C=C/C=C(C)/C=C/c1ccc(OC)c(OC)c1. The Balaban J connectivity index is 2.73. The topological polar surface area (TPSA) is 44.8 Å². The summed E-state index contributed by atoms with van der Waals surface area (Å²) in [7, 11) is 3.23. The van der Waals surface area contributed by atoms with E-state index in [0.717, 1.165) is 16.7 Å². The fourth-order valence-electron chi connectivity index (χ4n) is 2.01. The molecule has 1 aromatic carbocycles. The van der Waals surface area contributed by atoms with Gasteiger partial charge in [0.25, 0.3) is 0 Å². The van der Waals surface area contributed by atoms with Gasteiger partial charge in [-0.2, -0.15) is 0 Å². The van der Waals surface area contributed by atoms with Crippen LogP contribution < -0.4 is 9.47 Å². The summed E-state index contributed by atoms with van der Waals surface area (Å²) in [5.41, 5.74) is 2.94. The maximum Gasteiger partial charge on any atom is 0.330 e. The highest BCUT2D eigenvalue weighted by molar-refractivity contribution is 5.83. The third-order valence-electron chi connectivity index (χ3n) is 3.30. The number of ether oxygens (including phenoxy) is 3. The molecule has 25 heavy (non-hydrogen) atoms. The zero-order valence-corrected chi connectivity index (χ0v) is 15.5. The van der Waals surface area contributed by atoms with Crippen LogP contribution in [0.4, 0.5) is 0 Å². The van der Waals surface area contributed by atoms with Crippen LogP contribution in [0.5, 0.6) is 11.5 Å². The van der Waals surface area contributed by atoms with E-state index in [0.29, 0.717) is 18.1 Å². The van der Waals surface area contributed by atoms with Crippen molar-refractivity contribution in [3.63, 3.8) is 0 Å². The van der Waals surface area contributed by atoms with Crippen molar-refractivity contribution in [1.29, 1.82) is 0 Å². The Morgan fingerprint density at radius 2 is 1.76 bits per heavy atom. The Kier molecular flexibility index (Phi) is 8.86. The van der Waals surface area contributed by atoms with Crippen LogP contribution >= 0.6 is 0 Å². The van der Waals surface area contributed by atoms with Crippen LogP contribution in [0.25, 0.3) is 6.08 Å². The van der Waals surface area contributed by atoms with Gasteiger partial charge in [0.1, 0.15) is 0 Å². The quantitative estimate of drug-likeness (QED) is 0.389. The third-order valence-corrected chi connectivity index (χ3v) is 3.30. The van der Waals surface area contributed by atoms with Crippen LogP contribution in [0.1, 0.15) is 26.3 Å². The smallest absolute Gasteiger partial charge is 0.330 e. The Morgan fingerprint density at radius 1 is 1.04 bits per heavy atom. The highest BCUT2D eigenvalue weighted by Crippen LogP contribution is 2.28. The molecule has 0 bridgehead atoms. The van der Waals surface area contributed by atoms with Crippen molar-refractivity contribution >= 4 is 12.0 Å². The van der Waals surface area contributed by atoms with E-state index in [2.05, 4.69) is 0 Å². The Labute approximate surface area is 150 Å². The predicted octanol–water partition coefficient (Wildman–Crippen LogP) is 4.73. The van der Waals surface area contributed by atoms with Gasteiger partial charge in [0, 0.05) is 6.08 Å². The van der Waals surface area contributed by atoms with Crippen LogP contribution in [0.2, 0.25) is 0 Å². The molecule has 0 unspecified atom stereocenters. The molecule has 0 amide bonds. The van der Waals surface area contributed by atoms with E-state index >= 15 is 0 Å². The minimum absolute atomic E-state index is 0.321. The summed E-state index contributed by atoms with van der Waals surface area (Å²) in [5, 5.41) is 0. The van der Waals surface area contributed by atoms with Gasteiger partial charge >= 0.3 is 5.97 Å². The van der Waals surface area contributed by atoms with Gasteiger partial charge in [-0.25, -0.2) is 4.79 Å². The molecule has 4 heteroatoms. The lowest BCUT2D eigenvalue weighted by atomic mass is 10.1. The van der Waals surface area contributed by atoms with Crippen LogP contribution in [-0.4, -0.2) is 26.8 Å². The number of rotatable bonds is 8. The molecule has 1 rings (SSSR count). The normalized spacial score (nSPS) is 12.7. The summed E-state index contributed by atoms with van der Waals surface area (Å²) in [6.45, 7) is 6.03. The summed E-state index contributed by atoms with van der Waals surface area (Å²) in [4.78, 5) is 11.3. The van der Waals surface area contributed by atoms with Gasteiger partial charge in [-0.3, -0.25) is 0 Å². The lowest BCUT2D eigenvalue weighted by Gasteiger charge is -2.07. The fourth-order valence-corrected chi connectivity index (χ4v) is 2.01. The number of allylic oxidation sites excluding steroid dienone is 6. The van der Waals surface area contributed by atoms with Gasteiger partial charge in [0.05, 0.1) is 20.8 Å². The average molecular weight is 342 g/mol. The van der Waals surface area contributed by atoms with Crippen molar-refractivity contribution in [2.24, 2.45) is 0 Å². The molecular formula is C21H26O4. The summed E-state index contributed by atoms with van der Waals surface area (Å²) in [6.07, 6.45) is 11.2. The number of esters is 1. The molecule has 0 aliphatic rings. The second-order valence-corrected chi connectivity index (χ2v) is 5.36. The predicted molar refractivity (Wildman–Crippen MR) is 102 cm³/mol. The number of hydrogen-bond donors (Lipinski definition) is 0. The van der Waals surface area contributed by atoms with Crippen molar-refractivity contribution in [2.45, 2.75) is 20.8 Å². The Bertz CT molecular complexity index is 694. The Hall–Kier alpha value is -2.75. The van der Waals surface area contributed by atoms with Crippen molar-refractivity contribution < 1.29 is 19.0 Å². The van der Waals surface area contributed by atoms with Gasteiger partial charge < -0.3 is 14.2 Å². The number of carbonyl (C=O) groups is 1. The monoisotopic (exact) mass is 342 g/mol. The second-order valence-electron chi connectivity index (χ2n) is 5.36. The minimum Gasteiger partial charge on any atom is -0.493 e. The minimum atomic E-state index is -0.321. The summed E-state index contributed by atoms with van der Waals surface area (Å²) in [5.74, 6) is 1.09. The molecule has 0 spiro atoms. The van der Waals surface area contributed by atoms with E-state index in [1.807, 2.05) is 62.4 Å². The highest BCUT2D eigenvalue weighted by Gasteiger charge is 2.02. The third kappa shape index (κ3) is 7.57. The molecule has 0 N–H and O–H groups in total. The van der Waals surface area contributed by atoms with E-state index in [4.69, 9.17) is 14.2 Å². The van der Waals surface area contributed by atoms with Crippen LogP contribution in [0.15, 0.2) is 59.7 Å². The average Bonchev–Trinajstić information content (AvgIpc) is 2.59. The van der Waals surface area contributed by atoms with Gasteiger partial charge in [-0.15, -0.1) is 0 Å². The molecule has 0 saturated heterocycles. The van der Waals surface area contributed by atoms with Gasteiger partial charge in [-0.1, -0.05) is 42.0 Å². The van der Waals surface area contributed by atoms with E-state index in [9.17, 15) is 4.79 Å². The molecule has 4 nitrogen and oxygen atoms in total. The van der Waals surface area contributed by atoms with Crippen LogP contribution in [0.3, 0.4) is 0 Å². The standard InChI is InChI=1S/C21H26O4/c1-6-25-21(22)14-17(3)9-7-8-16(2)10-11-18-12-13-19(23-4)20(15-18)24-5/h7-15H,6H2,1-5H3/b9-7+,11-10+,16-8+,17-14+. The van der Waals surface area contributed by atoms with Gasteiger partial charge in [-0.05, 0) is 44.0 Å². The zero-order valence-electron chi connectivity index (χ0n) is 15.5. The van der Waals surface area contributed by atoms with E-state index in [1.54, 1.807) is 21.1 Å². The number of benzene rings is 1. The van der Waals surface area contributed by atoms with Crippen molar-refractivity contribution in [3.05, 3.63) is 65.3 Å². The summed E-state index contributed by atoms with van der Waals surface area (Å²) < 4.78 is 15.4. The highest BCUT2D eigenvalue weighted by atomic mass is 16.5. The van der Waals surface area contributed by atoms with Crippen molar-refractivity contribution in [2.75, 3.05) is 20.8 Å². The maximum absolute atomic E-state index is 11.3. The first-order valence-corrected chi connectivity index (χ1v) is 8.10. The lowest BCUT2D eigenvalue weighted by Crippen LogP contribution is -1.99. The van der Waals surface area contributed by atoms with E-state index in [-0.39, 0.29) is 5.97 Å². The molecule has 0 fully saturated rings. The lowest BCUT2D eigenvalue weighted by molar-refractivity contribution is -0.137. The summed E-state index contributed by atoms with van der Waals surface area (Å²) >= 11 is 0. The molecular weight excluding hydrogens is 316 g/mol. The number of carbonyl (C=O) groups excluding carboxylic acids is 1. The molecule has 0 aliphatic heterocycles. The number of hydrogen-bond acceptors (Lipinski definition) is 4. The molecule has 0 saturated carbocycles. The molecule has 0 aromatic heterocycles. The molecule has 0 atom stereocenters. The van der Waals surface area contributed by atoms with Crippen LogP contribution in [-0.2, 0) is 9.53 Å². The molecule has 1 aromatic rings. The Morgan fingerprint density at radius 3 is 2.40 bits per heavy atom. The van der Waals surface area contributed by atoms with Crippen LogP contribution in [0, 0.1) is 0 Å². The molecule has 0 aliphatic carbocycles. The van der Waals surface area contributed by atoms with E-state index in [1.165, 1.54) is 6.08 Å². The van der Waals surface area contributed by atoms with Gasteiger partial charge in [0.15, 0.2) is 11.5 Å². The largest absolute Gasteiger partial charge is 0.493 e. The van der Waals surface area contributed by atoms with Crippen molar-refractivity contribution in [3.8, 4) is 11.5 Å². The molecule has 0 radical (unpaired) electrons. The zero-order chi connectivity index (χ0) is 18.7.